The van der Waals surface area contributed by atoms with E-state index in [4.69, 9.17) is 4.42 Å². The van der Waals surface area contributed by atoms with Crippen LogP contribution in [0.5, 0.6) is 0 Å². The van der Waals surface area contributed by atoms with Crippen LogP contribution in [0.3, 0.4) is 0 Å². The normalized spacial score (nSPS) is 10.9. The van der Waals surface area contributed by atoms with Crippen molar-refractivity contribution in [2.45, 2.75) is 18.9 Å². The summed E-state index contributed by atoms with van der Waals surface area (Å²) in [4.78, 5) is 17.1. The zero-order valence-electron chi connectivity index (χ0n) is 16.1. The Bertz CT molecular complexity index is 956. The molecule has 4 rings (SSSR count). The number of nitrogens with zero attached hydrogens (tertiary/aromatic N) is 1. The molecule has 0 atom stereocenters. The summed E-state index contributed by atoms with van der Waals surface area (Å²) < 4.78 is 5.24. The zero-order valence-corrected chi connectivity index (χ0v) is 16.9. The van der Waals surface area contributed by atoms with Gasteiger partial charge in [0.25, 0.3) is 0 Å². The SMILES string of the molecule is O=C(C(c1ccccc1)c1ccccc1)N(CCc1cccs1)Cc1ccoc1. The predicted octanol–water partition coefficient (Wildman–Crippen LogP) is 5.74. The molecule has 0 bridgehead atoms. The van der Waals surface area contributed by atoms with Crippen molar-refractivity contribution in [2.75, 3.05) is 6.54 Å². The molecule has 0 saturated carbocycles. The maximum Gasteiger partial charge on any atom is 0.234 e. The van der Waals surface area contributed by atoms with Crippen LogP contribution in [-0.4, -0.2) is 17.4 Å². The highest BCUT2D eigenvalue weighted by molar-refractivity contribution is 7.09. The molecular formula is C25H23NO2S. The van der Waals surface area contributed by atoms with Crippen molar-refractivity contribution in [1.29, 1.82) is 0 Å². The van der Waals surface area contributed by atoms with Crippen LogP contribution < -0.4 is 0 Å². The summed E-state index contributed by atoms with van der Waals surface area (Å²) in [6.45, 7) is 1.21. The van der Waals surface area contributed by atoms with Crippen molar-refractivity contribution in [3.05, 3.63) is 118 Å². The van der Waals surface area contributed by atoms with E-state index in [1.165, 1.54) is 4.88 Å². The lowest BCUT2D eigenvalue weighted by atomic mass is 9.90. The second kappa shape index (κ2) is 9.39. The van der Waals surface area contributed by atoms with Crippen molar-refractivity contribution < 1.29 is 9.21 Å². The number of hydrogen-bond donors (Lipinski definition) is 0. The van der Waals surface area contributed by atoms with Crippen LogP contribution in [-0.2, 0) is 17.8 Å². The second-order valence-electron chi connectivity index (χ2n) is 6.98. The molecule has 3 nitrogen and oxygen atoms in total. The number of carbonyl (C=O) groups excluding carboxylic acids is 1. The highest BCUT2D eigenvalue weighted by Crippen LogP contribution is 2.28. The summed E-state index contributed by atoms with van der Waals surface area (Å²) in [7, 11) is 0. The molecule has 0 aliphatic carbocycles. The lowest BCUT2D eigenvalue weighted by Crippen LogP contribution is -2.36. The number of hydrogen-bond acceptors (Lipinski definition) is 3. The summed E-state index contributed by atoms with van der Waals surface area (Å²) in [5.41, 5.74) is 3.03. The highest BCUT2D eigenvalue weighted by Gasteiger charge is 2.27. The third kappa shape index (κ3) is 4.84. The van der Waals surface area contributed by atoms with Crippen molar-refractivity contribution in [2.24, 2.45) is 0 Å². The van der Waals surface area contributed by atoms with Gasteiger partial charge in [-0.2, -0.15) is 0 Å². The van der Waals surface area contributed by atoms with Gasteiger partial charge in [0.05, 0.1) is 18.4 Å². The maximum atomic E-state index is 13.8. The lowest BCUT2D eigenvalue weighted by Gasteiger charge is -2.28. The summed E-state index contributed by atoms with van der Waals surface area (Å²) >= 11 is 1.73. The van der Waals surface area contributed by atoms with Crippen molar-refractivity contribution in [3.63, 3.8) is 0 Å². The number of benzene rings is 2. The van der Waals surface area contributed by atoms with Gasteiger partial charge in [-0.05, 0) is 35.1 Å². The summed E-state index contributed by atoms with van der Waals surface area (Å²) in [5, 5.41) is 2.08. The van der Waals surface area contributed by atoms with Crippen molar-refractivity contribution in [1.82, 2.24) is 4.90 Å². The van der Waals surface area contributed by atoms with E-state index >= 15 is 0 Å². The first-order chi connectivity index (χ1) is 14.3. The maximum absolute atomic E-state index is 13.8. The Hall–Kier alpha value is -3.11. The van der Waals surface area contributed by atoms with Crippen LogP contribution in [0.1, 0.15) is 27.5 Å². The number of amides is 1. The molecule has 2 aromatic carbocycles. The van der Waals surface area contributed by atoms with Gasteiger partial charge in [0, 0.05) is 23.5 Å². The molecule has 1 amide bonds. The van der Waals surface area contributed by atoms with Gasteiger partial charge in [-0.15, -0.1) is 11.3 Å². The molecule has 0 fully saturated rings. The highest BCUT2D eigenvalue weighted by atomic mass is 32.1. The Morgan fingerprint density at radius 2 is 1.59 bits per heavy atom. The fraction of sp³-hybridized carbons (Fsp3) is 0.160. The van der Waals surface area contributed by atoms with Gasteiger partial charge < -0.3 is 9.32 Å². The fourth-order valence-corrected chi connectivity index (χ4v) is 4.22. The Balaban J connectivity index is 1.65. The third-order valence-electron chi connectivity index (χ3n) is 4.99. The van der Waals surface area contributed by atoms with Gasteiger partial charge in [-0.1, -0.05) is 66.7 Å². The molecule has 0 saturated heterocycles. The summed E-state index contributed by atoms with van der Waals surface area (Å²) in [5.74, 6) is -0.215. The van der Waals surface area contributed by atoms with E-state index < -0.39 is 0 Å². The van der Waals surface area contributed by atoms with E-state index in [2.05, 4.69) is 17.5 Å². The van der Waals surface area contributed by atoms with Gasteiger partial charge >= 0.3 is 0 Å². The molecular weight excluding hydrogens is 378 g/mol. The third-order valence-corrected chi connectivity index (χ3v) is 5.92. The first-order valence-electron chi connectivity index (χ1n) is 9.73. The molecule has 2 heterocycles. The minimum absolute atomic E-state index is 0.111. The minimum atomic E-state index is -0.326. The number of carbonyl (C=O) groups is 1. The second-order valence-corrected chi connectivity index (χ2v) is 8.01. The monoisotopic (exact) mass is 401 g/mol. The Kier molecular flexibility index (Phi) is 6.22. The van der Waals surface area contributed by atoms with Gasteiger partial charge in [-0.25, -0.2) is 0 Å². The molecule has 4 aromatic rings. The van der Waals surface area contributed by atoms with Crippen LogP contribution in [0.15, 0.2) is 101 Å². The fourth-order valence-electron chi connectivity index (χ4n) is 3.52. The van der Waals surface area contributed by atoms with E-state index in [0.717, 1.165) is 23.1 Å². The first-order valence-corrected chi connectivity index (χ1v) is 10.6. The van der Waals surface area contributed by atoms with E-state index in [0.29, 0.717) is 13.1 Å². The molecule has 0 spiro atoms. The van der Waals surface area contributed by atoms with Gasteiger partial charge in [-0.3, -0.25) is 4.79 Å². The van der Waals surface area contributed by atoms with E-state index in [1.54, 1.807) is 23.9 Å². The van der Waals surface area contributed by atoms with Gasteiger partial charge in [0.15, 0.2) is 0 Å². The zero-order chi connectivity index (χ0) is 19.9. The molecule has 0 N–H and O–H groups in total. The van der Waals surface area contributed by atoms with E-state index in [1.807, 2.05) is 71.6 Å². The molecule has 29 heavy (non-hydrogen) atoms. The standard InChI is InChI=1S/C25H23NO2S/c27-25(24(21-8-3-1-4-9-21)22-10-5-2-6-11-22)26(18-20-14-16-28-19-20)15-13-23-12-7-17-29-23/h1-12,14,16-17,19,24H,13,15,18H2. The van der Waals surface area contributed by atoms with Crippen LogP contribution in [0.4, 0.5) is 0 Å². The smallest absolute Gasteiger partial charge is 0.234 e. The molecule has 0 unspecified atom stereocenters. The van der Waals surface area contributed by atoms with Crippen molar-refractivity contribution in [3.8, 4) is 0 Å². The minimum Gasteiger partial charge on any atom is -0.472 e. The average molecular weight is 402 g/mol. The van der Waals surface area contributed by atoms with E-state index in [-0.39, 0.29) is 11.8 Å². The van der Waals surface area contributed by atoms with Crippen molar-refractivity contribution >= 4 is 17.2 Å². The van der Waals surface area contributed by atoms with Gasteiger partial charge in [0.2, 0.25) is 5.91 Å². The molecule has 0 radical (unpaired) electrons. The molecule has 0 aliphatic rings. The predicted molar refractivity (Wildman–Crippen MR) is 117 cm³/mol. The summed E-state index contributed by atoms with van der Waals surface area (Å²) in [6, 6.07) is 26.2. The molecule has 146 valence electrons. The molecule has 2 aromatic heterocycles. The Morgan fingerprint density at radius 1 is 0.897 bits per heavy atom. The quantitative estimate of drug-likeness (QED) is 0.377. The number of thiophene rings is 1. The van der Waals surface area contributed by atoms with Gasteiger partial charge in [0.1, 0.15) is 0 Å². The lowest BCUT2D eigenvalue weighted by molar-refractivity contribution is -0.132. The first kappa shape index (κ1) is 19.2. The average Bonchev–Trinajstić information content (AvgIpc) is 3.47. The molecule has 0 aliphatic heterocycles. The Labute approximate surface area is 175 Å². The van der Waals surface area contributed by atoms with Crippen LogP contribution >= 0.6 is 11.3 Å². The van der Waals surface area contributed by atoms with Crippen LogP contribution in [0.2, 0.25) is 0 Å². The number of rotatable bonds is 8. The number of furan rings is 1. The molecule has 4 heteroatoms. The van der Waals surface area contributed by atoms with E-state index in [9.17, 15) is 4.79 Å². The van der Waals surface area contributed by atoms with Crippen LogP contribution in [0.25, 0.3) is 0 Å². The summed E-state index contributed by atoms with van der Waals surface area (Å²) in [6.07, 6.45) is 4.21. The Morgan fingerprint density at radius 3 is 2.14 bits per heavy atom. The topological polar surface area (TPSA) is 33.5 Å². The van der Waals surface area contributed by atoms with Crippen LogP contribution in [0, 0.1) is 0 Å². The largest absolute Gasteiger partial charge is 0.472 e.